The second-order valence-corrected chi connectivity index (χ2v) is 5.97. The van der Waals surface area contributed by atoms with E-state index in [-0.39, 0.29) is 5.41 Å². The van der Waals surface area contributed by atoms with Gasteiger partial charge in [0.2, 0.25) is 0 Å². The number of carbonyl (C=O) groups is 1. The van der Waals surface area contributed by atoms with Gasteiger partial charge in [-0.15, -0.1) is 0 Å². The van der Waals surface area contributed by atoms with E-state index in [2.05, 4.69) is 0 Å². The van der Waals surface area contributed by atoms with Gasteiger partial charge >= 0.3 is 5.97 Å². The first-order valence-electron chi connectivity index (χ1n) is 6.43. The smallest absolute Gasteiger partial charge is 0.333 e. The largest absolute Gasteiger partial charge is 0.479 e. The van der Waals surface area contributed by atoms with Gasteiger partial charge in [0, 0.05) is 12.5 Å². The molecular formula is C13H20O3. The van der Waals surface area contributed by atoms with Gasteiger partial charge in [-0.2, -0.15) is 0 Å². The first-order chi connectivity index (χ1) is 7.67. The number of rotatable bonds is 4. The molecule has 0 saturated heterocycles. The second-order valence-electron chi connectivity index (χ2n) is 5.97. The fourth-order valence-corrected chi connectivity index (χ4v) is 4.50. The third kappa shape index (κ3) is 1.33. The minimum atomic E-state index is -0.761. The van der Waals surface area contributed by atoms with Crippen LogP contribution in [0.1, 0.15) is 38.5 Å². The van der Waals surface area contributed by atoms with Crippen LogP contribution in [0.2, 0.25) is 0 Å². The number of carboxylic acid groups (broad SMARTS) is 1. The zero-order chi connectivity index (χ0) is 11.3. The molecule has 3 heteroatoms. The van der Waals surface area contributed by atoms with E-state index in [0.717, 1.165) is 24.7 Å². The SMILES string of the molecule is COC(C(=O)O)C1(C2CC3CCC2C3)CC1. The van der Waals surface area contributed by atoms with Crippen molar-refractivity contribution in [1.82, 2.24) is 0 Å². The maximum Gasteiger partial charge on any atom is 0.333 e. The lowest BCUT2D eigenvalue weighted by Crippen LogP contribution is -2.39. The highest BCUT2D eigenvalue weighted by molar-refractivity contribution is 5.74. The van der Waals surface area contributed by atoms with Crippen LogP contribution in [-0.2, 0) is 9.53 Å². The van der Waals surface area contributed by atoms with Crippen molar-refractivity contribution >= 4 is 5.97 Å². The molecule has 3 saturated carbocycles. The number of hydrogen-bond acceptors (Lipinski definition) is 2. The molecule has 0 aliphatic heterocycles. The first kappa shape index (κ1) is 10.6. The van der Waals surface area contributed by atoms with Crippen molar-refractivity contribution in [3.05, 3.63) is 0 Å². The lowest BCUT2D eigenvalue weighted by Gasteiger charge is -2.34. The molecule has 3 aliphatic carbocycles. The molecule has 0 amide bonds. The Morgan fingerprint density at radius 1 is 1.38 bits per heavy atom. The number of hydrogen-bond donors (Lipinski definition) is 1. The molecule has 0 aromatic carbocycles. The number of methoxy groups -OCH3 is 1. The molecule has 4 atom stereocenters. The summed E-state index contributed by atoms with van der Waals surface area (Å²) in [5.74, 6) is 1.55. The van der Waals surface area contributed by atoms with E-state index in [4.69, 9.17) is 4.74 Å². The first-order valence-corrected chi connectivity index (χ1v) is 6.43. The van der Waals surface area contributed by atoms with E-state index in [1.165, 1.54) is 25.7 Å². The highest BCUT2D eigenvalue weighted by Gasteiger charge is 2.62. The van der Waals surface area contributed by atoms with Crippen molar-refractivity contribution < 1.29 is 14.6 Å². The van der Waals surface area contributed by atoms with Crippen LogP contribution in [0.3, 0.4) is 0 Å². The van der Waals surface area contributed by atoms with Crippen LogP contribution in [0.25, 0.3) is 0 Å². The Bertz CT molecular complexity index is 308. The van der Waals surface area contributed by atoms with Crippen LogP contribution in [0.5, 0.6) is 0 Å². The van der Waals surface area contributed by atoms with Gasteiger partial charge < -0.3 is 9.84 Å². The topological polar surface area (TPSA) is 46.5 Å². The molecule has 4 unspecified atom stereocenters. The fourth-order valence-electron chi connectivity index (χ4n) is 4.50. The van der Waals surface area contributed by atoms with Crippen molar-refractivity contribution in [2.24, 2.45) is 23.2 Å². The number of fused-ring (bicyclic) bond motifs is 2. The fraction of sp³-hybridized carbons (Fsp3) is 0.923. The summed E-state index contributed by atoms with van der Waals surface area (Å²) in [4.78, 5) is 11.3. The van der Waals surface area contributed by atoms with E-state index >= 15 is 0 Å². The summed E-state index contributed by atoms with van der Waals surface area (Å²) in [5.41, 5.74) is 0.000417. The van der Waals surface area contributed by atoms with Gasteiger partial charge in [-0.05, 0) is 49.9 Å². The molecule has 1 N–H and O–H groups in total. The van der Waals surface area contributed by atoms with Crippen LogP contribution in [0.15, 0.2) is 0 Å². The van der Waals surface area contributed by atoms with Crippen molar-refractivity contribution in [1.29, 1.82) is 0 Å². The number of aliphatic carboxylic acids is 1. The molecule has 16 heavy (non-hydrogen) atoms. The summed E-state index contributed by atoms with van der Waals surface area (Å²) in [6, 6.07) is 0. The number of carboxylic acids is 1. The van der Waals surface area contributed by atoms with E-state index in [1.807, 2.05) is 0 Å². The molecule has 0 heterocycles. The molecule has 0 aromatic rings. The summed E-state index contributed by atoms with van der Waals surface area (Å²) >= 11 is 0. The molecule has 0 spiro atoms. The average Bonchev–Trinajstić information content (AvgIpc) is 2.75. The zero-order valence-corrected chi connectivity index (χ0v) is 9.82. The van der Waals surface area contributed by atoms with Gasteiger partial charge in [0.1, 0.15) is 0 Å². The van der Waals surface area contributed by atoms with E-state index in [9.17, 15) is 9.90 Å². The van der Waals surface area contributed by atoms with Crippen LogP contribution < -0.4 is 0 Å². The lowest BCUT2D eigenvalue weighted by molar-refractivity contribution is -0.155. The van der Waals surface area contributed by atoms with E-state index < -0.39 is 12.1 Å². The summed E-state index contributed by atoms with van der Waals surface area (Å²) in [6.45, 7) is 0. The van der Waals surface area contributed by atoms with Crippen LogP contribution in [0.4, 0.5) is 0 Å². The quantitative estimate of drug-likeness (QED) is 0.797. The Kier molecular flexibility index (Phi) is 2.29. The van der Waals surface area contributed by atoms with E-state index in [1.54, 1.807) is 7.11 Å². The lowest BCUT2D eigenvalue weighted by atomic mass is 9.74. The van der Waals surface area contributed by atoms with Crippen molar-refractivity contribution in [3.8, 4) is 0 Å². The predicted octanol–water partition coefficient (Wildman–Crippen LogP) is 2.30. The molecule has 3 aliphatic rings. The van der Waals surface area contributed by atoms with Gasteiger partial charge in [-0.1, -0.05) is 6.42 Å². The molecule has 0 aromatic heterocycles. The van der Waals surface area contributed by atoms with Crippen LogP contribution >= 0.6 is 0 Å². The summed E-state index contributed by atoms with van der Waals surface area (Å²) in [6.07, 6.45) is 6.88. The maximum absolute atomic E-state index is 11.3. The third-order valence-electron chi connectivity index (χ3n) is 5.29. The molecule has 0 radical (unpaired) electrons. The molecule has 3 fully saturated rings. The van der Waals surface area contributed by atoms with Gasteiger partial charge in [0.25, 0.3) is 0 Å². The Hall–Kier alpha value is -0.570. The summed E-state index contributed by atoms with van der Waals surface area (Å²) < 4.78 is 5.26. The Labute approximate surface area is 96.2 Å². The third-order valence-corrected chi connectivity index (χ3v) is 5.29. The van der Waals surface area contributed by atoms with Gasteiger partial charge in [0.15, 0.2) is 6.10 Å². The van der Waals surface area contributed by atoms with Crippen molar-refractivity contribution in [3.63, 3.8) is 0 Å². The zero-order valence-electron chi connectivity index (χ0n) is 9.82. The Morgan fingerprint density at radius 2 is 2.12 bits per heavy atom. The van der Waals surface area contributed by atoms with Crippen molar-refractivity contribution in [2.45, 2.75) is 44.6 Å². The molecule has 3 nitrogen and oxygen atoms in total. The normalized spacial score (nSPS) is 40.9. The molecule has 90 valence electrons. The maximum atomic E-state index is 11.3. The second kappa shape index (κ2) is 3.46. The minimum absolute atomic E-state index is 0.000417. The van der Waals surface area contributed by atoms with Crippen LogP contribution in [0, 0.1) is 23.2 Å². The molecule has 3 rings (SSSR count). The van der Waals surface area contributed by atoms with Crippen molar-refractivity contribution in [2.75, 3.05) is 7.11 Å². The van der Waals surface area contributed by atoms with Gasteiger partial charge in [0.05, 0.1) is 0 Å². The Balaban J connectivity index is 1.80. The summed E-state index contributed by atoms with van der Waals surface area (Å²) in [5, 5.41) is 9.25. The highest BCUT2D eigenvalue weighted by Crippen LogP contribution is 2.65. The average molecular weight is 224 g/mol. The van der Waals surface area contributed by atoms with Gasteiger partial charge in [-0.25, -0.2) is 4.79 Å². The monoisotopic (exact) mass is 224 g/mol. The Morgan fingerprint density at radius 3 is 2.50 bits per heavy atom. The number of ether oxygens (including phenoxy) is 1. The molecular weight excluding hydrogens is 204 g/mol. The van der Waals surface area contributed by atoms with Crippen LogP contribution in [-0.4, -0.2) is 24.3 Å². The van der Waals surface area contributed by atoms with Gasteiger partial charge in [-0.3, -0.25) is 0 Å². The van der Waals surface area contributed by atoms with E-state index in [0.29, 0.717) is 5.92 Å². The predicted molar refractivity (Wildman–Crippen MR) is 59.0 cm³/mol. The summed E-state index contributed by atoms with van der Waals surface area (Å²) in [7, 11) is 1.55. The minimum Gasteiger partial charge on any atom is -0.479 e. The molecule has 2 bridgehead atoms. The standard InChI is InChI=1S/C13H20O3/c1-16-11(12(14)15)13(4-5-13)10-7-8-2-3-9(10)6-8/h8-11H,2-7H2,1H3,(H,14,15). The highest BCUT2D eigenvalue weighted by atomic mass is 16.5.